The van der Waals surface area contributed by atoms with Crippen LogP contribution in [0.5, 0.6) is 11.5 Å². The Morgan fingerprint density at radius 2 is 1.72 bits per heavy atom. The Labute approximate surface area is 144 Å². The fourth-order valence-corrected chi connectivity index (χ4v) is 2.52. The number of ether oxygens (including phenoxy) is 2. The molecule has 0 fully saturated rings. The molecule has 25 heavy (non-hydrogen) atoms. The number of fused-ring (bicyclic) bond motifs is 1. The first-order valence-corrected chi connectivity index (χ1v) is 7.60. The predicted octanol–water partition coefficient (Wildman–Crippen LogP) is 3.37. The van der Waals surface area contributed by atoms with Crippen LogP contribution in [0.1, 0.15) is 16.1 Å². The van der Waals surface area contributed by atoms with Gasteiger partial charge in [0.15, 0.2) is 22.7 Å². The van der Waals surface area contributed by atoms with E-state index in [0.29, 0.717) is 28.2 Å². The molecule has 0 unspecified atom stereocenters. The molecule has 0 aliphatic rings. The highest BCUT2D eigenvalue weighted by atomic mass is 16.5. The topological polar surface area (TPSA) is 77.8 Å². The van der Waals surface area contributed by atoms with Crippen molar-refractivity contribution in [1.29, 1.82) is 0 Å². The molecule has 0 aliphatic carbocycles. The third-order valence-electron chi connectivity index (χ3n) is 3.84. The molecule has 1 amide bonds. The number of anilines is 1. The van der Waals surface area contributed by atoms with Crippen molar-refractivity contribution in [1.82, 2.24) is 0 Å². The van der Waals surface area contributed by atoms with Crippen LogP contribution >= 0.6 is 0 Å². The molecule has 6 nitrogen and oxygen atoms in total. The second kappa shape index (κ2) is 6.68. The van der Waals surface area contributed by atoms with Gasteiger partial charge in [-0.1, -0.05) is 12.1 Å². The highest BCUT2D eigenvalue weighted by Gasteiger charge is 2.15. The van der Waals surface area contributed by atoms with Crippen LogP contribution in [0.15, 0.2) is 51.7 Å². The molecule has 0 bridgehead atoms. The van der Waals surface area contributed by atoms with Crippen LogP contribution in [-0.4, -0.2) is 20.1 Å². The maximum absolute atomic E-state index is 12.5. The van der Waals surface area contributed by atoms with E-state index in [1.165, 1.54) is 13.2 Å². The summed E-state index contributed by atoms with van der Waals surface area (Å²) in [6.07, 6.45) is 0. The van der Waals surface area contributed by atoms with Gasteiger partial charge < -0.3 is 19.2 Å². The summed E-state index contributed by atoms with van der Waals surface area (Å²) in [5.74, 6) is 0.481. The molecule has 0 radical (unpaired) electrons. The van der Waals surface area contributed by atoms with Crippen LogP contribution in [0, 0.1) is 6.92 Å². The van der Waals surface area contributed by atoms with Gasteiger partial charge in [-0.2, -0.15) is 0 Å². The second-order valence-corrected chi connectivity index (χ2v) is 5.45. The van der Waals surface area contributed by atoms with E-state index in [1.54, 1.807) is 43.5 Å². The Balaban J connectivity index is 1.96. The number of nitrogens with one attached hydrogen (secondary N) is 1. The zero-order chi connectivity index (χ0) is 18.0. The fourth-order valence-electron chi connectivity index (χ4n) is 2.52. The molecule has 0 spiro atoms. The van der Waals surface area contributed by atoms with Gasteiger partial charge in [0.25, 0.3) is 5.91 Å². The minimum absolute atomic E-state index is 0.0575. The van der Waals surface area contributed by atoms with Gasteiger partial charge in [0.1, 0.15) is 5.58 Å². The molecule has 3 aromatic rings. The molecule has 1 heterocycles. The van der Waals surface area contributed by atoms with E-state index >= 15 is 0 Å². The molecule has 1 aromatic heterocycles. The van der Waals surface area contributed by atoms with Crippen LogP contribution in [-0.2, 0) is 0 Å². The molecule has 2 aromatic carbocycles. The van der Waals surface area contributed by atoms with Crippen molar-refractivity contribution in [3.8, 4) is 11.5 Å². The summed E-state index contributed by atoms with van der Waals surface area (Å²) < 4.78 is 16.0. The van der Waals surface area contributed by atoms with Crippen molar-refractivity contribution < 1.29 is 18.7 Å². The van der Waals surface area contributed by atoms with Crippen molar-refractivity contribution in [2.75, 3.05) is 19.5 Å². The number of aryl methyl sites for hydroxylation is 1. The van der Waals surface area contributed by atoms with E-state index in [9.17, 15) is 9.59 Å². The number of amides is 1. The van der Waals surface area contributed by atoms with Crippen LogP contribution in [0.2, 0.25) is 0 Å². The first kappa shape index (κ1) is 16.6. The number of hydrogen-bond acceptors (Lipinski definition) is 5. The number of hydrogen-bond donors (Lipinski definition) is 1. The van der Waals surface area contributed by atoms with Crippen LogP contribution in [0.3, 0.4) is 0 Å². The zero-order valence-electron chi connectivity index (χ0n) is 14.1. The molecular formula is C19H17NO5. The summed E-state index contributed by atoms with van der Waals surface area (Å²) in [5, 5.41) is 3.17. The van der Waals surface area contributed by atoms with Gasteiger partial charge in [-0.3, -0.25) is 9.59 Å². The van der Waals surface area contributed by atoms with Gasteiger partial charge in [-0.15, -0.1) is 0 Å². The molecule has 0 aliphatic heterocycles. The van der Waals surface area contributed by atoms with Crippen LogP contribution < -0.4 is 20.2 Å². The number of carbonyl (C=O) groups excluding carboxylic acids is 1. The van der Waals surface area contributed by atoms with Crippen molar-refractivity contribution >= 4 is 22.6 Å². The lowest BCUT2D eigenvalue weighted by Crippen LogP contribution is -2.15. The third kappa shape index (κ3) is 3.19. The Morgan fingerprint density at radius 1 is 1.04 bits per heavy atom. The normalized spacial score (nSPS) is 10.5. The predicted molar refractivity (Wildman–Crippen MR) is 94.7 cm³/mol. The Hall–Kier alpha value is -3.28. The molecular weight excluding hydrogens is 322 g/mol. The van der Waals surface area contributed by atoms with Gasteiger partial charge in [-0.05, 0) is 30.7 Å². The monoisotopic (exact) mass is 339 g/mol. The number of benzene rings is 2. The average molecular weight is 339 g/mol. The lowest BCUT2D eigenvalue weighted by molar-refractivity contribution is 0.0997. The summed E-state index contributed by atoms with van der Waals surface area (Å²) in [4.78, 5) is 24.6. The Bertz CT molecular complexity index is 1010. The Morgan fingerprint density at radius 3 is 2.44 bits per heavy atom. The summed E-state index contributed by atoms with van der Waals surface area (Å²) in [5.41, 5.74) is 1.42. The summed E-state index contributed by atoms with van der Waals surface area (Å²) >= 11 is 0. The largest absolute Gasteiger partial charge is 0.493 e. The first-order chi connectivity index (χ1) is 12.0. The SMILES string of the molecule is COc1cc(C)c(NC(=O)c2cc(=O)c3ccccc3o2)cc1OC. The third-order valence-corrected chi connectivity index (χ3v) is 3.84. The molecule has 1 N–H and O–H groups in total. The smallest absolute Gasteiger partial charge is 0.291 e. The standard InChI is InChI=1S/C19H17NO5/c1-11-8-16(23-2)17(24-3)9-13(11)20-19(22)18-10-14(21)12-6-4-5-7-15(12)25-18/h4-10H,1-3H3,(H,20,22). The molecule has 0 saturated carbocycles. The quantitative estimate of drug-likeness (QED) is 0.788. The maximum atomic E-state index is 12.5. The summed E-state index contributed by atoms with van der Waals surface area (Å²) in [6, 6.07) is 11.4. The highest BCUT2D eigenvalue weighted by Crippen LogP contribution is 2.33. The van der Waals surface area contributed by atoms with E-state index in [4.69, 9.17) is 13.9 Å². The van der Waals surface area contributed by atoms with Crippen LogP contribution in [0.25, 0.3) is 11.0 Å². The highest BCUT2D eigenvalue weighted by molar-refractivity contribution is 6.03. The van der Waals surface area contributed by atoms with E-state index in [1.807, 2.05) is 6.92 Å². The van der Waals surface area contributed by atoms with Gasteiger partial charge in [-0.25, -0.2) is 0 Å². The number of methoxy groups -OCH3 is 2. The average Bonchev–Trinajstić information content (AvgIpc) is 2.62. The minimum atomic E-state index is -0.516. The van der Waals surface area contributed by atoms with E-state index < -0.39 is 5.91 Å². The van der Waals surface area contributed by atoms with Crippen LogP contribution in [0.4, 0.5) is 5.69 Å². The minimum Gasteiger partial charge on any atom is -0.493 e. The molecule has 0 atom stereocenters. The van der Waals surface area contributed by atoms with Crippen molar-refractivity contribution in [3.05, 3.63) is 64.0 Å². The van der Waals surface area contributed by atoms with Crippen molar-refractivity contribution in [2.45, 2.75) is 6.92 Å². The van der Waals surface area contributed by atoms with Crippen molar-refractivity contribution in [3.63, 3.8) is 0 Å². The molecule has 3 rings (SSSR count). The molecule has 0 saturated heterocycles. The lowest BCUT2D eigenvalue weighted by Gasteiger charge is -2.13. The lowest BCUT2D eigenvalue weighted by atomic mass is 10.1. The number of para-hydroxylation sites is 1. The fraction of sp³-hybridized carbons (Fsp3) is 0.158. The van der Waals surface area contributed by atoms with Crippen molar-refractivity contribution in [2.24, 2.45) is 0 Å². The van der Waals surface area contributed by atoms with E-state index in [-0.39, 0.29) is 11.2 Å². The van der Waals surface area contributed by atoms with Gasteiger partial charge in [0, 0.05) is 17.8 Å². The van der Waals surface area contributed by atoms with Gasteiger partial charge >= 0.3 is 0 Å². The zero-order valence-corrected chi connectivity index (χ0v) is 14.1. The summed E-state index contributed by atoms with van der Waals surface area (Å²) in [6.45, 7) is 1.83. The van der Waals surface area contributed by atoms with E-state index in [2.05, 4.69) is 5.32 Å². The van der Waals surface area contributed by atoms with Gasteiger partial charge in [0.2, 0.25) is 0 Å². The first-order valence-electron chi connectivity index (χ1n) is 7.60. The number of rotatable bonds is 4. The van der Waals surface area contributed by atoms with E-state index in [0.717, 1.165) is 5.56 Å². The van der Waals surface area contributed by atoms with Gasteiger partial charge in [0.05, 0.1) is 19.6 Å². The summed E-state index contributed by atoms with van der Waals surface area (Å²) in [7, 11) is 3.06. The molecule has 6 heteroatoms. The molecule has 128 valence electrons. The Kier molecular flexibility index (Phi) is 4.43. The second-order valence-electron chi connectivity index (χ2n) is 5.45. The maximum Gasteiger partial charge on any atom is 0.291 e. The number of carbonyl (C=O) groups is 1.